The number of carbonyl (C=O) groups is 1. The molecule has 2 aromatic heterocycles. The van der Waals surface area contributed by atoms with Crippen molar-refractivity contribution < 1.29 is 13.2 Å². The lowest BCUT2D eigenvalue weighted by molar-refractivity contribution is -0.117. The predicted molar refractivity (Wildman–Crippen MR) is 85.4 cm³/mol. The van der Waals surface area contributed by atoms with Gasteiger partial charge in [0.2, 0.25) is 15.9 Å². The zero-order valence-corrected chi connectivity index (χ0v) is 13.0. The Hall–Kier alpha value is -2.88. The van der Waals surface area contributed by atoms with E-state index >= 15 is 0 Å². The van der Waals surface area contributed by atoms with Crippen molar-refractivity contribution in [1.29, 1.82) is 0 Å². The third-order valence-electron chi connectivity index (χ3n) is 2.97. The number of H-pyrrole nitrogens is 1. The number of benzene rings is 1. The lowest BCUT2D eigenvalue weighted by atomic mass is 10.2. The van der Waals surface area contributed by atoms with Crippen LogP contribution in [0.15, 0.2) is 36.7 Å². The molecule has 0 saturated carbocycles. The zero-order chi connectivity index (χ0) is 16.4. The van der Waals surface area contributed by atoms with E-state index in [1.807, 2.05) is 18.2 Å². The molecule has 3 rings (SSSR count). The van der Waals surface area contributed by atoms with E-state index in [0.29, 0.717) is 5.69 Å². The van der Waals surface area contributed by atoms with Gasteiger partial charge in [0.1, 0.15) is 6.54 Å². The summed E-state index contributed by atoms with van der Waals surface area (Å²) in [5.41, 5.74) is 1.48. The van der Waals surface area contributed by atoms with E-state index in [2.05, 4.69) is 25.2 Å². The number of aromatic nitrogens is 4. The topological polar surface area (TPSA) is 122 Å². The highest BCUT2D eigenvalue weighted by Crippen LogP contribution is 2.21. The molecule has 0 bridgehead atoms. The van der Waals surface area contributed by atoms with Gasteiger partial charge >= 0.3 is 0 Å². The lowest BCUT2D eigenvalue weighted by Crippen LogP contribution is -2.20. The minimum Gasteiger partial charge on any atom is -0.359 e. The van der Waals surface area contributed by atoms with Crippen molar-refractivity contribution in [3.63, 3.8) is 0 Å². The second-order valence-electron chi connectivity index (χ2n) is 4.93. The number of amides is 1. The van der Waals surface area contributed by atoms with Gasteiger partial charge in [-0.2, -0.15) is 9.90 Å². The standard InChI is InChI=1S/C13H14N6O3S/c1-23(21,22)18-11-7-15-19(17-11)8-12(20)16-10-4-2-3-9-5-6-14-13(9)10/h2-7,14H,8H2,1H3,(H,16,20)(H,17,18). The maximum Gasteiger partial charge on any atom is 0.248 e. The Balaban J connectivity index is 1.69. The van der Waals surface area contributed by atoms with Gasteiger partial charge in [0.15, 0.2) is 5.82 Å². The summed E-state index contributed by atoms with van der Waals surface area (Å²) >= 11 is 0. The number of fused-ring (bicyclic) bond motifs is 1. The van der Waals surface area contributed by atoms with E-state index in [4.69, 9.17) is 0 Å². The van der Waals surface area contributed by atoms with Gasteiger partial charge in [0.25, 0.3) is 0 Å². The molecule has 0 radical (unpaired) electrons. The summed E-state index contributed by atoms with van der Waals surface area (Å²) in [7, 11) is -3.43. The molecule has 0 saturated heterocycles. The molecular formula is C13H14N6O3S. The number of sulfonamides is 1. The van der Waals surface area contributed by atoms with Crippen molar-refractivity contribution in [2.75, 3.05) is 16.3 Å². The van der Waals surface area contributed by atoms with Gasteiger partial charge in [-0.3, -0.25) is 9.52 Å². The Morgan fingerprint density at radius 2 is 2.17 bits per heavy atom. The van der Waals surface area contributed by atoms with Crippen molar-refractivity contribution in [2.45, 2.75) is 6.54 Å². The summed E-state index contributed by atoms with van der Waals surface area (Å²) in [6, 6.07) is 7.46. The molecular weight excluding hydrogens is 320 g/mol. The average Bonchev–Trinajstić information content (AvgIpc) is 3.06. The zero-order valence-electron chi connectivity index (χ0n) is 12.1. The van der Waals surface area contributed by atoms with Crippen molar-refractivity contribution in [3.8, 4) is 0 Å². The number of hydrogen-bond donors (Lipinski definition) is 3. The number of hydrogen-bond acceptors (Lipinski definition) is 5. The summed E-state index contributed by atoms with van der Waals surface area (Å²) in [5, 5.41) is 11.5. The first kappa shape index (κ1) is 15.0. The molecule has 2 heterocycles. The third kappa shape index (κ3) is 3.66. The molecule has 0 aliphatic carbocycles. The number of rotatable bonds is 5. The molecule has 0 spiro atoms. The van der Waals surface area contributed by atoms with Crippen molar-refractivity contribution in [2.24, 2.45) is 0 Å². The van der Waals surface area contributed by atoms with Crippen LogP contribution in [0.4, 0.5) is 11.5 Å². The molecule has 3 aromatic rings. The second kappa shape index (κ2) is 5.72. The van der Waals surface area contributed by atoms with Crippen molar-refractivity contribution in [3.05, 3.63) is 36.7 Å². The quantitative estimate of drug-likeness (QED) is 0.636. The van der Waals surface area contributed by atoms with Crippen LogP contribution < -0.4 is 10.0 Å². The third-order valence-corrected chi connectivity index (χ3v) is 3.55. The first-order valence-corrected chi connectivity index (χ1v) is 8.54. The van der Waals surface area contributed by atoms with E-state index in [1.165, 1.54) is 6.20 Å². The molecule has 0 atom stereocenters. The Morgan fingerprint density at radius 3 is 2.96 bits per heavy atom. The molecule has 120 valence electrons. The van der Waals surface area contributed by atoms with Crippen LogP contribution in [0.25, 0.3) is 10.9 Å². The molecule has 0 fully saturated rings. The number of carbonyl (C=O) groups excluding carboxylic acids is 1. The minimum atomic E-state index is -3.43. The molecule has 1 amide bonds. The predicted octanol–water partition coefficient (Wildman–Crippen LogP) is 0.770. The molecule has 0 aliphatic rings. The van der Waals surface area contributed by atoms with Gasteiger partial charge in [-0.05, 0) is 12.1 Å². The normalized spacial score (nSPS) is 11.5. The van der Waals surface area contributed by atoms with Crippen LogP contribution in [0.1, 0.15) is 0 Å². The number of anilines is 2. The van der Waals surface area contributed by atoms with Gasteiger partial charge in [-0.25, -0.2) is 8.42 Å². The Kier molecular flexibility index (Phi) is 3.74. The fourth-order valence-electron chi connectivity index (χ4n) is 2.12. The van der Waals surface area contributed by atoms with Crippen molar-refractivity contribution >= 4 is 38.3 Å². The minimum absolute atomic E-state index is 0.0618. The highest BCUT2D eigenvalue weighted by Gasteiger charge is 2.10. The Morgan fingerprint density at radius 1 is 1.35 bits per heavy atom. The molecule has 0 unspecified atom stereocenters. The Labute approximate surface area is 131 Å². The molecule has 1 aromatic carbocycles. The number of nitrogens with zero attached hydrogens (tertiary/aromatic N) is 3. The van der Waals surface area contributed by atoms with Crippen LogP contribution in [0.5, 0.6) is 0 Å². The summed E-state index contributed by atoms with van der Waals surface area (Å²) < 4.78 is 24.4. The van der Waals surface area contributed by atoms with Crippen LogP contribution >= 0.6 is 0 Å². The SMILES string of the molecule is CS(=O)(=O)Nc1cnn(CC(=O)Nc2cccc3cc[nH]c23)n1. The largest absolute Gasteiger partial charge is 0.359 e. The van der Waals surface area contributed by atoms with Crippen LogP contribution in [0.3, 0.4) is 0 Å². The van der Waals surface area contributed by atoms with Gasteiger partial charge in [-0.15, -0.1) is 5.10 Å². The highest BCUT2D eigenvalue weighted by molar-refractivity contribution is 7.92. The van der Waals surface area contributed by atoms with Gasteiger partial charge < -0.3 is 10.3 Å². The number of nitrogens with one attached hydrogen (secondary N) is 3. The van der Waals surface area contributed by atoms with Gasteiger partial charge in [0.05, 0.1) is 23.7 Å². The van der Waals surface area contributed by atoms with Gasteiger partial charge in [0, 0.05) is 11.6 Å². The molecule has 0 aliphatic heterocycles. The first-order valence-electron chi connectivity index (χ1n) is 6.64. The van der Waals surface area contributed by atoms with E-state index in [9.17, 15) is 13.2 Å². The average molecular weight is 334 g/mol. The lowest BCUT2D eigenvalue weighted by Gasteiger charge is -2.06. The Bertz CT molecular complexity index is 959. The summed E-state index contributed by atoms with van der Waals surface area (Å²) in [5.74, 6) is -0.264. The van der Waals surface area contributed by atoms with Gasteiger partial charge in [-0.1, -0.05) is 12.1 Å². The fourth-order valence-corrected chi connectivity index (χ4v) is 2.59. The van der Waals surface area contributed by atoms with E-state index < -0.39 is 10.0 Å². The van der Waals surface area contributed by atoms with Crippen LogP contribution in [-0.4, -0.2) is 40.6 Å². The summed E-state index contributed by atoms with van der Waals surface area (Å²) in [6.45, 7) is -0.136. The smallest absolute Gasteiger partial charge is 0.248 e. The molecule has 10 heteroatoms. The van der Waals surface area contributed by atoms with Crippen LogP contribution in [0.2, 0.25) is 0 Å². The second-order valence-corrected chi connectivity index (χ2v) is 6.68. The maximum atomic E-state index is 12.1. The molecule has 9 nitrogen and oxygen atoms in total. The van der Waals surface area contributed by atoms with Crippen LogP contribution in [0, 0.1) is 0 Å². The van der Waals surface area contributed by atoms with Crippen LogP contribution in [-0.2, 0) is 21.4 Å². The fraction of sp³-hybridized carbons (Fsp3) is 0.154. The highest BCUT2D eigenvalue weighted by atomic mass is 32.2. The molecule has 23 heavy (non-hydrogen) atoms. The van der Waals surface area contributed by atoms with E-state index in [-0.39, 0.29) is 18.3 Å². The number of aromatic amines is 1. The first-order chi connectivity index (χ1) is 10.9. The monoisotopic (exact) mass is 334 g/mol. The number of para-hydroxylation sites is 1. The summed E-state index contributed by atoms with van der Waals surface area (Å²) in [6.07, 6.45) is 4.04. The van der Waals surface area contributed by atoms with E-state index in [1.54, 1.807) is 12.3 Å². The maximum absolute atomic E-state index is 12.1. The van der Waals surface area contributed by atoms with E-state index in [0.717, 1.165) is 22.0 Å². The molecule has 3 N–H and O–H groups in total. The van der Waals surface area contributed by atoms with Crippen molar-refractivity contribution in [1.82, 2.24) is 20.0 Å². The summed E-state index contributed by atoms with van der Waals surface area (Å²) in [4.78, 5) is 16.2.